The SMILES string of the molecule is C=C1CCC(CC/C=C/C=C/CCC)C1. The molecule has 0 aliphatic heterocycles. The highest BCUT2D eigenvalue weighted by Crippen LogP contribution is 2.31. The van der Waals surface area contributed by atoms with E-state index < -0.39 is 0 Å². The van der Waals surface area contributed by atoms with Gasteiger partial charge in [0, 0.05) is 0 Å². The molecule has 0 heterocycles. The van der Waals surface area contributed by atoms with Crippen LogP contribution in [0.3, 0.4) is 0 Å². The Morgan fingerprint density at radius 2 is 2.00 bits per heavy atom. The molecular weight excluding hydrogens is 180 g/mol. The molecule has 84 valence electrons. The molecule has 0 heteroatoms. The summed E-state index contributed by atoms with van der Waals surface area (Å²) in [5, 5.41) is 0. The Kier molecular flexibility index (Phi) is 6.15. The highest BCUT2D eigenvalue weighted by molar-refractivity contribution is 5.04. The highest BCUT2D eigenvalue weighted by atomic mass is 14.2. The van der Waals surface area contributed by atoms with Crippen molar-refractivity contribution >= 4 is 0 Å². The van der Waals surface area contributed by atoms with Gasteiger partial charge in [-0.25, -0.2) is 0 Å². The van der Waals surface area contributed by atoms with Crippen molar-refractivity contribution in [3.05, 3.63) is 36.5 Å². The lowest BCUT2D eigenvalue weighted by Gasteiger charge is -2.04. The van der Waals surface area contributed by atoms with E-state index in [9.17, 15) is 0 Å². The van der Waals surface area contributed by atoms with Gasteiger partial charge < -0.3 is 0 Å². The average Bonchev–Trinajstić information content (AvgIpc) is 2.63. The molecule has 0 amide bonds. The maximum Gasteiger partial charge on any atom is -0.0294 e. The van der Waals surface area contributed by atoms with Crippen LogP contribution in [0, 0.1) is 5.92 Å². The molecule has 0 radical (unpaired) electrons. The van der Waals surface area contributed by atoms with Gasteiger partial charge in [-0.05, 0) is 44.4 Å². The molecule has 0 saturated heterocycles. The van der Waals surface area contributed by atoms with Crippen molar-refractivity contribution in [2.45, 2.75) is 51.9 Å². The van der Waals surface area contributed by atoms with Crippen LogP contribution in [0.5, 0.6) is 0 Å². The van der Waals surface area contributed by atoms with E-state index >= 15 is 0 Å². The van der Waals surface area contributed by atoms with Gasteiger partial charge in [0.2, 0.25) is 0 Å². The predicted molar refractivity (Wildman–Crippen MR) is 68.9 cm³/mol. The Labute approximate surface area is 94.8 Å². The van der Waals surface area contributed by atoms with Crippen LogP contribution in [0.4, 0.5) is 0 Å². The van der Waals surface area contributed by atoms with Gasteiger partial charge in [-0.1, -0.05) is 49.8 Å². The maximum atomic E-state index is 4.05. The first-order valence-electron chi connectivity index (χ1n) is 6.31. The Balaban J connectivity index is 2.03. The van der Waals surface area contributed by atoms with Crippen molar-refractivity contribution in [3.63, 3.8) is 0 Å². The molecule has 0 aromatic rings. The summed E-state index contributed by atoms with van der Waals surface area (Å²) in [4.78, 5) is 0. The van der Waals surface area contributed by atoms with Gasteiger partial charge in [0.1, 0.15) is 0 Å². The van der Waals surface area contributed by atoms with Crippen molar-refractivity contribution < 1.29 is 0 Å². The zero-order valence-electron chi connectivity index (χ0n) is 10.0. The first kappa shape index (κ1) is 12.3. The fraction of sp³-hybridized carbons (Fsp3) is 0.600. The van der Waals surface area contributed by atoms with E-state index in [0.29, 0.717) is 0 Å². The van der Waals surface area contributed by atoms with Crippen molar-refractivity contribution in [3.8, 4) is 0 Å². The first-order valence-corrected chi connectivity index (χ1v) is 6.31. The lowest BCUT2D eigenvalue weighted by molar-refractivity contribution is 0.515. The van der Waals surface area contributed by atoms with E-state index in [-0.39, 0.29) is 0 Å². The molecule has 1 atom stereocenters. The monoisotopic (exact) mass is 204 g/mol. The Morgan fingerprint density at radius 3 is 2.60 bits per heavy atom. The number of hydrogen-bond acceptors (Lipinski definition) is 0. The van der Waals surface area contributed by atoms with Crippen LogP contribution >= 0.6 is 0 Å². The molecule has 0 nitrogen and oxygen atoms in total. The summed E-state index contributed by atoms with van der Waals surface area (Å²) in [6, 6.07) is 0. The number of hydrogen-bond donors (Lipinski definition) is 0. The fourth-order valence-corrected chi connectivity index (χ4v) is 2.12. The van der Waals surface area contributed by atoms with Crippen molar-refractivity contribution in [2.24, 2.45) is 5.92 Å². The number of rotatable bonds is 6. The largest absolute Gasteiger partial charge is 0.0999 e. The number of unbranched alkanes of at least 4 members (excludes halogenated alkanes) is 1. The molecule has 1 rings (SSSR count). The zero-order valence-corrected chi connectivity index (χ0v) is 10.0. The smallest absolute Gasteiger partial charge is 0.0294 e. The third kappa shape index (κ3) is 5.61. The van der Waals surface area contributed by atoms with Crippen LogP contribution in [0.2, 0.25) is 0 Å². The molecule has 1 unspecified atom stereocenters. The van der Waals surface area contributed by atoms with Crippen molar-refractivity contribution in [1.82, 2.24) is 0 Å². The third-order valence-corrected chi connectivity index (χ3v) is 3.06. The van der Waals surface area contributed by atoms with Gasteiger partial charge in [-0.15, -0.1) is 0 Å². The van der Waals surface area contributed by atoms with Crippen LogP contribution in [0.1, 0.15) is 51.9 Å². The summed E-state index contributed by atoms with van der Waals surface area (Å²) in [6.45, 7) is 6.26. The van der Waals surface area contributed by atoms with Crippen LogP contribution in [-0.4, -0.2) is 0 Å². The Bertz CT molecular complexity index is 232. The van der Waals surface area contributed by atoms with Crippen LogP contribution < -0.4 is 0 Å². The van der Waals surface area contributed by atoms with Gasteiger partial charge in [-0.2, -0.15) is 0 Å². The Hall–Kier alpha value is -0.780. The van der Waals surface area contributed by atoms with E-state index in [1.165, 1.54) is 50.5 Å². The normalized spacial score (nSPS) is 22.2. The van der Waals surface area contributed by atoms with Gasteiger partial charge in [0.25, 0.3) is 0 Å². The highest BCUT2D eigenvalue weighted by Gasteiger charge is 2.16. The maximum absolute atomic E-state index is 4.05. The summed E-state index contributed by atoms with van der Waals surface area (Å²) in [5.41, 5.74) is 1.46. The van der Waals surface area contributed by atoms with Gasteiger partial charge in [0.05, 0.1) is 0 Å². The molecule has 0 spiro atoms. The molecule has 15 heavy (non-hydrogen) atoms. The molecule has 0 aromatic carbocycles. The molecular formula is C15H24. The topological polar surface area (TPSA) is 0 Å². The molecule has 0 aromatic heterocycles. The molecule has 0 bridgehead atoms. The van der Waals surface area contributed by atoms with Crippen molar-refractivity contribution in [2.75, 3.05) is 0 Å². The lowest BCUT2D eigenvalue weighted by atomic mass is 10.0. The van der Waals surface area contributed by atoms with Gasteiger partial charge >= 0.3 is 0 Å². The predicted octanol–water partition coefficient (Wildman–Crippen LogP) is 5.04. The summed E-state index contributed by atoms with van der Waals surface area (Å²) in [6.07, 6.45) is 17.9. The minimum Gasteiger partial charge on any atom is -0.0999 e. The van der Waals surface area contributed by atoms with E-state index in [0.717, 1.165) is 5.92 Å². The van der Waals surface area contributed by atoms with Crippen LogP contribution in [0.15, 0.2) is 36.5 Å². The van der Waals surface area contributed by atoms with Gasteiger partial charge in [-0.3, -0.25) is 0 Å². The molecule has 1 saturated carbocycles. The summed E-state index contributed by atoms with van der Waals surface area (Å²) in [5.74, 6) is 0.918. The quantitative estimate of drug-likeness (QED) is 0.420. The van der Waals surface area contributed by atoms with Crippen LogP contribution in [-0.2, 0) is 0 Å². The van der Waals surface area contributed by atoms with E-state index in [1.807, 2.05) is 0 Å². The minimum atomic E-state index is 0.918. The average molecular weight is 204 g/mol. The Morgan fingerprint density at radius 1 is 1.27 bits per heavy atom. The van der Waals surface area contributed by atoms with E-state index in [1.54, 1.807) is 0 Å². The first-order chi connectivity index (χ1) is 7.33. The molecule has 1 fully saturated rings. The second kappa shape index (κ2) is 7.50. The van der Waals surface area contributed by atoms with E-state index in [4.69, 9.17) is 0 Å². The summed E-state index contributed by atoms with van der Waals surface area (Å²) in [7, 11) is 0. The third-order valence-electron chi connectivity index (χ3n) is 3.06. The standard InChI is InChI=1S/C15H24/c1-3-4-5-6-7-8-9-10-15-12-11-14(2)13-15/h5-8,15H,2-4,9-13H2,1H3/b6-5+,8-7+. The molecule has 1 aliphatic carbocycles. The second-order valence-electron chi connectivity index (χ2n) is 4.58. The second-order valence-corrected chi connectivity index (χ2v) is 4.58. The minimum absolute atomic E-state index is 0.918. The van der Waals surface area contributed by atoms with Gasteiger partial charge in [0.15, 0.2) is 0 Å². The number of allylic oxidation sites excluding steroid dienone is 5. The zero-order chi connectivity index (χ0) is 10.9. The molecule has 0 N–H and O–H groups in total. The summed E-state index contributed by atoms with van der Waals surface area (Å²) < 4.78 is 0. The van der Waals surface area contributed by atoms with Crippen LogP contribution in [0.25, 0.3) is 0 Å². The lowest BCUT2D eigenvalue weighted by Crippen LogP contribution is -1.90. The molecule has 1 aliphatic rings. The van der Waals surface area contributed by atoms with E-state index in [2.05, 4.69) is 37.8 Å². The van der Waals surface area contributed by atoms with Crippen molar-refractivity contribution in [1.29, 1.82) is 0 Å². The fourth-order valence-electron chi connectivity index (χ4n) is 2.12. The summed E-state index contributed by atoms with van der Waals surface area (Å²) >= 11 is 0.